The number of nitrogens with zero attached hydrogens (tertiary/aromatic N) is 2. The molecule has 1 aromatic heterocycles. The predicted octanol–water partition coefficient (Wildman–Crippen LogP) is 3.23. The molecular formula is C13H12Cl2N2O2. The third kappa shape index (κ3) is 2.33. The maximum absolute atomic E-state index is 12.3. The largest absolute Gasteiger partial charge is 0.493 e. The van der Waals surface area contributed by atoms with Crippen LogP contribution in [0, 0.1) is 0 Å². The van der Waals surface area contributed by atoms with Crippen molar-refractivity contribution >= 4 is 29.0 Å². The second-order valence-corrected chi connectivity index (χ2v) is 4.86. The average Bonchev–Trinajstić information content (AvgIpc) is 2.70. The third-order valence-corrected chi connectivity index (χ3v) is 3.72. The van der Waals surface area contributed by atoms with Gasteiger partial charge < -0.3 is 5.11 Å². The van der Waals surface area contributed by atoms with Crippen molar-refractivity contribution in [1.82, 2.24) is 9.78 Å². The quantitative estimate of drug-likeness (QED) is 0.885. The first kappa shape index (κ1) is 13.9. The van der Waals surface area contributed by atoms with Crippen molar-refractivity contribution < 1.29 is 9.90 Å². The molecule has 0 amide bonds. The van der Waals surface area contributed by atoms with Crippen LogP contribution < -0.4 is 0 Å². The van der Waals surface area contributed by atoms with Gasteiger partial charge in [0, 0.05) is 17.6 Å². The Morgan fingerprint density at radius 3 is 2.58 bits per heavy atom. The van der Waals surface area contributed by atoms with Crippen LogP contribution in [0.15, 0.2) is 18.3 Å². The zero-order valence-corrected chi connectivity index (χ0v) is 12.0. The molecule has 0 saturated heterocycles. The highest BCUT2D eigenvalue weighted by Crippen LogP contribution is 2.31. The maximum atomic E-state index is 12.3. The molecule has 0 spiro atoms. The maximum Gasteiger partial charge on any atom is 0.220 e. The van der Waals surface area contributed by atoms with Gasteiger partial charge in [0.15, 0.2) is 0 Å². The van der Waals surface area contributed by atoms with Gasteiger partial charge in [-0.05, 0) is 24.1 Å². The summed E-state index contributed by atoms with van der Waals surface area (Å²) in [6, 6.07) is 3.19. The summed E-state index contributed by atoms with van der Waals surface area (Å²) in [5, 5.41) is 14.4. The van der Waals surface area contributed by atoms with Crippen molar-refractivity contribution in [2.45, 2.75) is 13.3 Å². The Morgan fingerprint density at radius 1 is 1.37 bits per heavy atom. The fourth-order valence-corrected chi connectivity index (χ4v) is 2.56. The number of aromatic nitrogens is 2. The van der Waals surface area contributed by atoms with Crippen LogP contribution in [0.2, 0.25) is 10.0 Å². The van der Waals surface area contributed by atoms with E-state index in [1.807, 2.05) is 6.92 Å². The van der Waals surface area contributed by atoms with Gasteiger partial charge >= 0.3 is 0 Å². The second-order valence-electron chi connectivity index (χ2n) is 4.08. The number of aromatic hydroxyl groups is 1. The van der Waals surface area contributed by atoms with E-state index in [-0.39, 0.29) is 17.2 Å². The van der Waals surface area contributed by atoms with Crippen LogP contribution in [0.25, 0.3) is 0 Å². The Bertz CT molecular complexity index is 650. The van der Waals surface area contributed by atoms with Gasteiger partial charge in [-0.2, -0.15) is 5.10 Å². The van der Waals surface area contributed by atoms with Crippen LogP contribution in [-0.2, 0) is 13.5 Å². The highest BCUT2D eigenvalue weighted by Gasteiger charge is 2.21. The van der Waals surface area contributed by atoms with E-state index in [0.717, 1.165) is 5.56 Å². The molecule has 1 N–H and O–H groups in total. The molecule has 0 radical (unpaired) electrons. The van der Waals surface area contributed by atoms with Gasteiger partial charge in [0.05, 0.1) is 11.2 Å². The molecule has 0 bridgehead atoms. The molecule has 0 fully saturated rings. The molecule has 0 atom stereocenters. The Kier molecular flexibility index (Phi) is 3.83. The van der Waals surface area contributed by atoms with Crippen molar-refractivity contribution in [1.29, 1.82) is 0 Å². The molecule has 6 heteroatoms. The predicted molar refractivity (Wildman–Crippen MR) is 74.1 cm³/mol. The molecule has 2 rings (SSSR count). The lowest BCUT2D eigenvalue weighted by Crippen LogP contribution is -2.04. The van der Waals surface area contributed by atoms with Gasteiger partial charge in [-0.1, -0.05) is 30.1 Å². The monoisotopic (exact) mass is 298 g/mol. The van der Waals surface area contributed by atoms with Crippen LogP contribution in [0.1, 0.15) is 28.4 Å². The summed E-state index contributed by atoms with van der Waals surface area (Å²) in [5.74, 6) is -0.559. The van der Waals surface area contributed by atoms with E-state index in [0.29, 0.717) is 22.0 Å². The summed E-state index contributed by atoms with van der Waals surface area (Å²) in [6.45, 7) is 1.91. The number of rotatable bonds is 3. The van der Waals surface area contributed by atoms with Crippen molar-refractivity contribution in [3.8, 4) is 5.88 Å². The molecule has 1 heterocycles. The molecule has 2 aromatic rings. The van der Waals surface area contributed by atoms with E-state index < -0.39 is 0 Å². The van der Waals surface area contributed by atoms with Gasteiger partial charge in [0.1, 0.15) is 5.56 Å². The van der Waals surface area contributed by atoms with E-state index in [1.165, 1.54) is 10.9 Å². The summed E-state index contributed by atoms with van der Waals surface area (Å²) in [4.78, 5) is 12.3. The SMILES string of the molecule is CCc1c(Cl)ccc(C(=O)c2cnn(C)c2O)c1Cl. The lowest BCUT2D eigenvalue weighted by atomic mass is 10.0. The first-order chi connectivity index (χ1) is 8.97. The summed E-state index contributed by atoms with van der Waals surface area (Å²) < 4.78 is 1.22. The van der Waals surface area contributed by atoms with Gasteiger partial charge in [0.2, 0.25) is 11.7 Å². The van der Waals surface area contributed by atoms with Gasteiger partial charge in [-0.3, -0.25) is 4.79 Å². The number of hydrogen-bond donors (Lipinski definition) is 1. The minimum absolute atomic E-state index is 0.119. The van der Waals surface area contributed by atoms with E-state index >= 15 is 0 Å². The molecule has 19 heavy (non-hydrogen) atoms. The molecule has 4 nitrogen and oxygen atoms in total. The first-order valence-corrected chi connectivity index (χ1v) is 6.45. The summed E-state index contributed by atoms with van der Waals surface area (Å²) in [7, 11) is 1.55. The average molecular weight is 299 g/mol. The molecule has 100 valence electrons. The number of halogens is 2. The topological polar surface area (TPSA) is 55.1 Å². The number of hydrogen-bond acceptors (Lipinski definition) is 3. The van der Waals surface area contributed by atoms with Gasteiger partial charge in [0.25, 0.3) is 0 Å². The zero-order chi connectivity index (χ0) is 14.2. The molecule has 0 unspecified atom stereocenters. The third-order valence-electron chi connectivity index (χ3n) is 2.94. The van der Waals surface area contributed by atoms with Crippen LogP contribution in [0.3, 0.4) is 0 Å². The van der Waals surface area contributed by atoms with Crippen molar-refractivity contribution in [2.75, 3.05) is 0 Å². The Hall–Kier alpha value is -1.52. The van der Waals surface area contributed by atoms with E-state index in [9.17, 15) is 9.90 Å². The summed E-state index contributed by atoms with van der Waals surface area (Å²) >= 11 is 12.2. The van der Waals surface area contributed by atoms with E-state index in [2.05, 4.69) is 5.10 Å². The highest BCUT2D eigenvalue weighted by atomic mass is 35.5. The lowest BCUT2D eigenvalue weighted by molar-refractivity contribution is 0.103. The smallest absolute Gasteiger partial charge is 0.220 e. The minimum Gasteiger partial charge on any atom is -0.493 e. The lowest BCUT2D eigenvalue weighted by Gasteiger charge is -2.09. The number of aryl methyl sites for hydroxylation is 1. The number of carbonyl (C=O) groups is 1. The fourth-order valence-electron chi connectivity index (χ4n) is 1.83. The van der Waals surface area contributed by atoms with Crippen molar-refractivity contribution in [3.63, 3.8) is 0 Å². The fraction of sp³-hybridized carbons (Fsp3) is 0.231. The molecular weight excluding hydrogens is 287 g/mol. The van der Waals surface area contributed by atoms with Crippen LogP contribution in [-0.4, -0.2) is 20.7 Å². The molecule has 0 aliphatic heterocycles. The van der Waals surface area contributed by atoms with Crippen molar-refractivity contribution in [3.05, 3.63) is 45.1 Å². The van der Waals surface area contributed by atoms with Crippen molar-refractivity contribution in [2.24, 2.45) is 7.05 Å². The Morgan fingerprint density at radius 2 is 2.05 bits per heavy atom. The first-order valence-electron chi connectivity index (χ1n) is 5.69. The zero-order valence-electron chi connectivity index (χ0n) is 10.4. The van der Waals surface area contributed by atoms with Crippen LogP contribution in [0.4, 0.5) is 0 Å². The normalized spacial score (nSPS) is 10.7. The minimum atomic E-state index is -0.373. The summed E-state index contributed by atoms with van der Waals surface area (Å²) in [5.41, 5.74) is 1.15. The van der Waals surface area contributed by atoms with Crippen LogP contribution in [0.5, 0.6) is 5.88 Å². The molecule has 0 aliphatic carbocycles. The Labute approximate surface area is 120 Å². The second kappa shape index (κ2) is 5.23. The van der Waals surface area contributed by atoms with E-state index in [1.54, 1.807) is 19.2 Å². The molecule has 0 saturated carbocycles. The number of carbonyl (C=O) groups excluding carboxylic acids is 1. The highest BCUT2D eigenvalue weighted by molar-refractivity contribution is 6.38. The van der Waals surface area contributed by atoms with Crippen LogP contribution >= 0.6 is 23.2 Å². The van der Waals surface area contributed by atoms with Gasteiger partial charge in [-0.15, -0.1) is 0 Å². The molecule has 1 aromatic carbocycles. The van der Waals surface area contributed by atoms with Gasteiger partial charge in [-0.25, -0.2) is 4.68 Å². The Balaban J connectivity index is 2.54. The molecule has 0 aliphatic rings. The van der Waals surface area contributed by atoms with E-state index in [4.69, 9.17) is 23.2 Å². The number of ketones is 1. The standard InChI is InChI=1S/C13H12Cl2N2O2/c1-3-7-10(14)5-4-8(11(7)15)12(18)9-6-16-17(2)13(9)19/h4-6,19H,3H2,1-2H3. The summed E-state index contributed by atoms with van der Waals surface area (Å²) in [6.07, 6.45) is 1.94. The number of benzene rings is 1.